The topological polar surface area (TPSA) is 87.1 Å². The number of carbonyl (C=O) groups excluding carboxylic acids is 1. The molecule has 0 bridgehead atoms. The fourth-order valence-electron chi connectivity index (χ4n) is 3.25. The van der Waals surface area contributed by atoms with Crippen molar-refractivity contribution < 1.29 is 9.90 Å². The van der Waals surface area contributed by atoms with Gasteiger partial charge in [-0.1, -0.05) is 27.3 Å². The number of rotatable bonds is 5. The van der Waals surface area contributed by atoms with Crippen LogP contribution in [0.4, 0.5) is 16.8 Å². The van der Waals surface area contributed by atoms with Gasteiger partial charge in [-0.3, -0.25) is 4.79 Å². The van der Waals surface area contributed by atoms with E-state index in [4.69, 9.17) is 0 Å². The summed E-state index contributed by atoms with van der Waals surface area (Å²) in [5.74, 6) is 1.24. The van der Waals surface area contributed by atoms with Gasteiger partial charge in [-0.25, -0.2) is 9.97 Å². The van der Waals surface area contributed by atoms with E-state index in [0.29, 0.717) is 17.2 Å². The monoisotopic (exact) mass is 446 g/mol. The molecule has 2 aromatic heterocycles. The van der Waals surface area contributed by atoms with Gasteiger partial charge in [0.2, 0.25) is 0 Å². The zero-order valence-electron chi connectivity index (χ0n) is 14.5. The van der Waals surface area contributed by atoms with Gasteiger partial charge in [0.05, 0.1) is 16.3 Å². The fourth-order valence-corrected chi connectivity index (χ4v) is 4.67. The average molecular weight is 447 g/mol. The number of benzene rings is 1. The van der Waals surface area contributed by atoms with E-state index < -0.39 is 0 Å². The number of thiazole rings is 1. The molecule has 3 aromatic rings. The highest BCUT2D eigenvalue weighted by Gasteiger charge is 2.19. The van der Waals surface area contributed by atoms with E-state index in [9.17, 15) is 9.90 Å². The number of aliphatic hydroxyl groups excluding tert-OH is 1. The summed E-state index contributed by atoms with van der Waals surface area (Å²) in [7, 11) is 0. The molecule has 1 fully saturated rings. The Balaban J connectivity index is 1.55. The molecule has 0 radical (unpaired) electrons. The van der Waals surface area contributed by atoms with Crippen LogP contribution in [0.15, 0.2) is 34.8 Å². The third-order valence-corrected chi connectivity index (χ3v) is 6.04. The van der Waals surface area contributed by atoms with Gasteiger partial charge in [0, 0.05) is 16.1 Å². The van der Waals surface area contributed by atoms with Crippen LogP contribution in [0.5, 0.6) is 0 Å². The summed E-state index contributed by atoms with van der Waals surface area (Å²) in [5.41, 5.74) is 1.46. The second-order valence-corrected chi connectivity index (χ2v) is 8.64. The first-order chi connectivity index (χ1) is 13.1. The van der Waals surface area contributed by atoms with Gasteiger partial charge in [0.25, 0.3) is 0 Å². The van der Waals surface area contributed by atoms with Crippen LogP contribution in [0.3, 0.4) is 0 Å². The Morgan fingerprint density at radius 2 is 1.89 bits per heavy atom. The van der Waals surface area contributed by atoms with Gasteiger partial charge < -0.3 is 15.7 Å². The highest BCUT2D eigenvalue weighted by atomic mass is 79.9. The minimum Gasteiger partial charge on any atom is -0.393 e. The number of nitrogens with one attached hydrogen (secondary N) is 2. The highest BCUT2D eigenvalue weighted by molar-refractivity contribution is 9.10. The van der Waals surface area contributed by atoms with Gasteiger partial charge in [-0.15, -0.1) is 0 Å². The third-order valence-electron chi connectivity index (χ3n) is 4.62. The molecule has 0 unspecified atom stereocenters. The summed E-state index contributed by atoms with van der Waals surface area (Å²) in [6.45, 7) is 0. The maximum absolute atomic E-state index is 11.3. The second-order valence-electron chi connectivity index (χ2n) is 6.69. The molecule has 1 aliphatic carbocycles. The molecule has 0 atom stereocenters. The van der Waals surface area contributed by atoms with Crippen molar-refractivity contribution in [2.24, 2.45) is 0 Å². The lowest BCUT2D eigenvalue weighted by atomic mass is 9.93. The molecule has 0 aliphatic heterocycles. The van der Waals surface area contributed by atoms with Crippen molar-refractivity contribution in [3.05, 3.63) is 40.4 Å². The number of nitrogens with zero attached hydrogens (tertiary/aromatic N) is 2. The molecule has 27 heavy (non-hydrogen) atoms. The maximum Gasteiger partial charge on any atom is 0.189 e. The van der Waals surface area contributed by atoms with E-state index >= 15 is 0 Å². The Labute approximate surface area is 169 Å². The van der Waals surface area contributed by atoms with Crippen molar-refractivity contribution in [3.8, 4) is 0 Å². The summed E-state index contributed by atoms with van der Waals surface area (Å²) in [6.07, 6.45) is 3.98. The number of hydrogen-bond acceptors (Lipinski definition) is 7. The summed E-state index contributed by atoms with van der Waals surface area (Å²) < 4.78 is 2.08. The summed E-state index contributed by atoms with van der Waals surface area (Å²) in [6, 6.07) is 9.66. The van der Waals surface area contributed by atoms with Crippen LogP contribution in [0.2, 0.25) is 0 Å². The maximum atomic E-state index is 11.3. The Morgan fingerprint density at radius 1 is 1.11 bits per heavy atom. The van der Waals surface area contributed by atoms with Gasteiger partial charge in [-0.2, -0.15) is 0 Å². The van der Waals surface area contributed by atoms with Crippen LogP contribution in [0.25, 0.3) is 10.2 Å². The quantitative estimate of drug-likeness (QED) is 0.491. The van der Waals surface area contributed by atoms with E-state index in [1.807, 2.05) is 18.2 Å². The Kier molecular flexibility index (Phi) is 5.38. The van der Waals surface area contributed by atoms with E-state index in [-0.39, 0.29) is 12.1 Å². The Hall–Kier alpha value is -2.03. The molecule has 1 saturated carbocycles. The van der Waals surface area contributed by atoms with Crippen LogP contribution < -0.4 is 10.6 Å². The summed E-state index contributed by atoms with van der Waals surface area (Å²) in [5, 5.41) is 17.0. The van der Waals surface area contributed by atoms with Gasteiger partial charge in [0.1, 0.15) is 17.9 Å². The lowest BCUT2D eigenvalue weighted by Crippen LogP contribution is -2.28. The van der Waals surface area contributed by atoms with Crippen molar-refractivity contribution in [3.63, 3.8) is 0 Å². The van der Waals surface area contributed by atoms with Crippen LogP contribution in [-0.4, -0.2) is 33.5 Å². The number of aliphatic hydroxyl groups is 1. The van der Waals surface area contributed by atoms with Crippen molar-refractivity contribution in [2.75, 3.05) is 10.6 Å². The molecular weight excluding hydrogens is 428 g/mol. The normalized spacial score (nSPS) is 19.8. The second kappa shape index (κ2) is 7.92. The van der Waals surface area contributed by atoms with Crippen LogP contribution in [0, 0.1) is 0 Å². The zero-order valence-corrected chi connectivity index (χ0v) is 16.9. The summed E-state index contributed by atoms with van der Waals surface area (Å²) >= 11 is 5.00. The Bertz CT molecular complexity index is 969. The van der Waals surface area contributed by atoms with E-state index in [1.165, 1.54) is 11.3 Å². The van der Waals surface area contributed by atoms with Gasteiger partial charge in [0.15, 0.2) is 5.13 Å². The molecule has 4 rings (SSSR count). The molecule has 3 N–H and O–H groups in total. The first-order valence-corrected chi connectivity index (χ1v) is 10.4. The minimum atomic E-state index is -0.200. The number of carbonyl (C=O) groups is 1. The lowest BCUT2D eigenvalue weighted by molar-refractivity contribution is 0.112. The minimum absolute atomic E-state index is 0.200. The largest absolute Gasteiger partial charge is 0.393 e. The number of hydrogen-bond donors (Lipinski definition) is 3. The molecule has 0 saturated heterocycles. The molecule has 2 heterocycles. The molecule has 0 amide bonds. The van der Waals surface area contributed by atoms with Gasteiger partial charge >= 0.3 is 0 Å². The number of fused-ring (bicyclic) bond motifs is 1. The first kappa shape index (κ1) is 18.3. The fraction of sp³-hybridized carbons (Fsp3) is 0.316. The molecule has 1 aliphatic rings. The predicted molar refractivity (Wildman–Crippen MR) is 112 cm³/mol. The summed E-state index contributed by atoms with van der Waals surface area (Å²) in [4.78, 5) is 20.5. The standard InChI is InChI=1S/C19H19BrN4O2S/c20-12-1-6-15-16(9-12)27-19(22-15)24-18-8-11(10-25)7-17(23-18)21-13-2-4-14(26)5-3-13/h1,6-10,13-14,26H,2-5H2,(H2,21,22,23,24). The van der Waals surface area contributed by atoms with Crippen LogP contribution in [-0.2, 0) is 0 Å². The SMILES string of the molecule is O=Cc1cc(Nc2nc3ccc(Br)cc3s2)nc(NC2CCC(O)CC2)c1. The molecule has 6 nitrogen and oxygen atoms in total. The van der Waals surface area contributed by atoms with Crippen molar-refractivity contribution in [1.82, 2.24) is 9.97 Å². The predicted octanol–water partition coefficient (Wildman–Crippen LogP) is 4.73. The van der Waals surface area contributed by atoms with Crippen LogP contribution in [0.1, 0.15) is 36.0 Å². The van der Waals surface area contributed by atoms with E-state index in [2.05, 4.69) is 36.5 Å². The number of anilines is 3. The van der Waals surface area contributed by atoms with Crippen molar-refractivity contribution in [1.29, 1.82) is 0 Å². The zero-order chi connectivity index (χ0) is 18.8. The molecule has 140 valence electrons. The molecule has 1 aromatic carbocycles. The van der Waals surface area contributed by atoms with E-state index in [0.717, 1.165) is 51.8 Å². The number of pyridine rings is 1. The smallest absolute Gasteiger partial charge is 0.189 e. The lowest BCUT2D eigenvalue weighted by Gasteiger charge is -2.26. The first-order valence-electron chi connectivity index (χ1n) is 8.84. The number of halogens is 1. The van der Waals surface area contributed by atoms with Crippen LogP contribution >= 0.6 is 27.3 Å². The molecule has 8 heteroatoms. The van der Waals surface area contributed by atoms with Crippen molar-refractivity contribution >= 4 is 60.5 Å². The number of aldehydes is 1. The molecule has 0 spiro atoms. The van der Waals surface area contributed by atoms with Crippen molar-refractivity contribution in [2.45, 2.75) is 37.8 Å². The molecular formula is C19H19BrN4O2S. The third kappa shape index (κ3) is 4.45. The average Bonchev–Trinajstić information content (AvgIpc) is 3.04. The highest BCUT2D eigenvalue weighted by Crippen LogP contribution is 2.30. The number of aromatic nitrogens is 2. The Morgan fingerprint density at radius 3 is 2.67 bits per heavy atom. The van der Waals surface area contributed by atoms with E-state index in [1.54, 1.807) is 12.1 Å². The van der Waals surface area contributed by atoms with Gasteiger partial charge in [-0.05, 0) is 56.0 Å².